The maximum atomic E-state index is 11.0. The zero-order valence-corrected chi connectivity index (χ0v) is 11.8. The highest BCUT2D eigenvalue weighted by Crippen LogP contribution is 2.25. The minimum atomic E-state index is -0.972. The van der Waals surface area contributed by atoms with Crippen LogP contribution in [0.3, 0.4) is 0 Å². The van der Waals surface area contributed by atoms with Crippen molar-refractivity contribution in [3.63, 3.8) is 0 Å². The molecule has 0 aliphatic rings. The topological polar surface area (TPSA) is 64.3 Å². The highest BCUT2D eigenvalue weighted by molar-refractivity contribution is 7.12. The summed E-state index contributed by atoms with van der Waals surface area (Å²) >= 11 is 1.15. The van der Waals surface area contributed by atoms with Crippen LogP contribution in [0.1, 0.15) is 15.2 Å². The Labute approximate surface area is 125 Å². The van der Waals surface area contributed by atoms with Crippen molar-refractivity contribution in [1.29, 1.82) is 0 Å². The summed E-state index contributed by atoms with van der Waals surface area (Å²) in [6.07, 6.45) is 3.57. The molecule has 106 valence electrons. The number of thiophene rings is 1. The zero-order valence-electron chi connectivity index (χ0n) is 11.0. The molecule has 0 unspecified atom stereocenters. The molecule has 0 radical (unpaired) electrons. The lowest BCUT2D eigenvalue weighted by molar-refractivity contribution is 0.0697. The molecule has 0 atom stereocenters. The Morgan fingerprint density at radius 1 is 1.29 bits per heavy atom. The van der Waals surface area contributed by atoms with Crippen LogP contribution in [0.25, 0.3) is 5.69 Å². The summed E-state index contributed by atoms with van der Waals surface area (Å²) in [5, 5.41) is 15.0. The predicted molar refractivity (Wildman–Crippen MR) is 79.2 cm³/mol. The highest BCUT2D eigenvalue weighted by atomic mass is 32.1. The number of benzene rings is 1. The molecular weight excluding hydrogens is 288 g/mol. The Bertz CT molecular complexity index is 749. The van der Waals surface area contributed by atoms with Crippen LogP contribution in [0.5, 0.6) is 5.75 Å². The molecule has 1 aromatic carbocycles. The van der Waals surface area contributed by atoms with Crippen LogP contribution >= 0.6 is 11.3 Å². The Kier molecular flexibility index (Phi) is 3.70. The summed E-state index contributed by atoms with van der Waals surface area (Å²) in [6, 6.07) is 11.4. The number of hydrogen-bond donors (Lipinski definition) is 1. The van der Waals surface area contributed by atoms with Crippen LogP contribution in [0.15, 0.2) is 54.2 Å². The summed E-state index contributed by atoms with van der Waals surface area (Å²) in [5.41, 5.74) is 1.84. The summed E-state index contributed by atoms with van der Waals surface area (Å²) in [5.74, 6) is -0.583. The molecule has 0 aliphatic heterocycles. The molecule has 0 bridgehead atoms. The Balaban J connectivity index is 1.71. The second kappa shape index (κ2) is 5.80. The van der Waals surface area contributed by atoms with Gasteiger partial charge in [0.15, 0.2) is 4.88 Å². The molecule has 6 heteroatoms. The smallest absolute Gasteiger partial charge is 0.349 e. The second-order valence-corrected chi connectivity index (χ2v) is 5.25. The fraction of sp³-hybridized carbons (Fsp3) is 0.0667. The fourth-order valence-corrected chi connectivity index (χ4v) is 2.56. The number of ether oxygens (including phenoxy) is 1. The molecule has 2 heterocycles. The first-order valence-electron chi connectivity index (χ1n) is 6.26. The number of carboxylic acid groups (broad SMARTS) is 1. The van der Waals surface area contributed by atoms with E-state index in [1.807, 2.05) is 36.5 Å². The highest BCUT2D eigenvalue weighted by Gasteiger charge is 2.13. The van der Waals surface area contributed by atoms with Crippen molar-refractivity contribution in [3.05, 3.63) is 64.6 Å². The van der Waals surface area contributed by atoms with E-state index in [-0.39, 0.29) is 11.5 Å². The minimum absolute atomic E-state index is 0.213. The minimum Gasteiger partial charge on any atom is -0.487 e. The van der Waals surface area contributed by atoms with E-state index in [9.17, 15) is 4.79 Å². The first-order chi connectivity index (χ1) is 10.2. The van der Waals surface area contributed by atoms with Crippen molar-refractivity contribution in [2.75, 3.05) is 0 Å². The van der Waals surface area contributed by atoms with Crippen LogP contribution in [0.2, 0.25) is 0 Å². The molecule has 0 amide bonds. The summed E-state index contributed by atoms with van der Waals surface area (Å²) < 4.78 is 7.30. The predicted octanol–water partition coefficient (Wildman–Crippen LogP) is 3.21. The zero-order chi connectivity index (χ0) is 14.7. The number of aromatic nitrogens is 2. The molecule has 2 aromatic heterocycles. The van der Waals surface area contributed by atoms with Gasteiger partial charge in [-0.2, -0.15) is 5.10 Å². The van der Waals surface area contributed by atoms with Gasteiger partial charge in [-0.15, -0.1) is 11.3 Å². The van der Waals surface area contributed by atoms with Gasteiger partial charge in [-0.3, -0.25) is 0 Å². The number of rotatable bonds is 5. The van der Waals surface area contributed by atoms with Crippen LogP contribution in [0, 0.1) is 0 Å². The largest absolute Gasteiger partial charge is 0.487 e. The Morgan fingerprint density at radius 3 is 2.86 bits per heavy atom. The second-order valence-electron chi connectivity index (χ2n) is 4.34. The number of nitrogens with zero attached hydrogens (tertiary/aromatic N) is 2. The molecule has 5 nitrogen and oxygen atoms in total. The van der Waals surface area contributed by atoms with Gasteiger partial charge < -0.3 is 9.84 Å². The quantitative estimate of drug-likeness (QED) is 0.786. The van der Waals surface area contributed by atoms with E-state index in [0.29, 0.717) is 5.75 Å². The normalized spacial score (nSPS) is 10.5. The number of carboxylic acids is 1. The maximum absolute atomic E-state index is 11.0. The number of carbonyl (C=O) groups is 1. The molecule has 0 spiro atoms. The maximum Gasteiger partial charge on any atom is 0.349 e. The fourth-order valence-electron chi connectivity index (χ4n) is 1.88. The van der Waals surface area contributed by atoms with E-state index >= 15 is 0 Å². The lowest BCUT2D eigenvalue weighted by Gasteiger charge is -2.03. The molecule has 3 rings (SSSR count). The molecule has 0 saturated heterocycles. The lowest BCUT2D eigenvalue weighted by Crippen LogP contribution is -1.99. The van der Waals surface area contributed by atoms with Gasteiger partial charge in [-0.1, -0.05) is 18.2 Å². The van der Waals surface area contributed by atoms with E-state index in [2.05, 4.69) is 5.10 Å². The average molecular weight is 300 g/mol. The Morgan fingerprint density at radius 2 is 2.10 bits per heavy atom. The van der Waals surface area contributed by atoms with Gasteiger partial charge in [0.1, 0.15) is 12.4 Å². The van der Waals surface area contributed by atoms with E-state index in [1.165, 1.54) is 0 Å². The van der Waals surface area contributed by atoms with Crippen LogP contribution < -0.4 is 4.74 Å². The van der Waals surface area contributed by atoms with Gasteiger partial charge in [0.25, 0.3) is 0 Å². The van der Waals surface area contributed by atoms with Gasteiger partial charge in [-0.25, -0.2) is 9.48 Å². The monoisotopic (exact) mass is 300 g/mol. The van der Waals surface area contributed by atoms with E-state index < -0.39 is 5.97 Å². The third-order valence-corrected chi connectivity index (χ3v) is 3.76. The molecule has 21 heavy (non-hydrogen) atoms. The SMILES string of the molecule is O=C(O)c1sccc1OCc1cnn(-c2ccccc2)c1. The van der Waals surface area contributed by atoms with Crippen molar-refractivity contribution in [2.45, 2.75) is 6.61 Å². The van der Waals surface area contributed by atoms with Crippen molar-refractivity contribution in [3.8, 4) is 11.4 Å². The van der Waals surface area contributed by atoms with Crippen molar-refractivity contribution < 1.29 is 14.6 Å². The lowest BCUT2D eigenvalue weighted by atomic mass is 10.3. The first-order valence-corrected chi connectivity index (χ1v) is 7.14. The van der Waals surface area contributed by atoms with Gasteiger partial charge in [0.05, 0.1) is 11.9 Å². The molecular formula is C15H12N2O3S. The third-order valence-electron chi connectivity index (χ3n) is 2.87. The van der Waals surface area contributed by atoms with Crippen LogP contribution in [-0.2, 0) is 6.61 Å². The summed E-state index contributed by atoms with van der Waals surface area (Å²) in [4.78, 5) is 11.2. The Hall–Kier alpha value is -2.60. The van der Waals surface area contributed by atoms with Gasteiger partial charge >= 0.3 is 5.97 Å². The van der Waals surface area contributed by atoms with E-state index in [4.69, 9.17) is 9.84 Å². The van der Waals surface area contributed by atoms with Crippen molar-refractivity contribution >= 4 is 17.3 Å². The molecule has 3 aromatic rings. The molecule has 0 saturated carbocycles. The third kappa shape index (κ3) is 2.95. The van der Waals surface area contributed by atoms with Gasteiger partial charge in [0, 0.05) is 11.8 Å². The van der Waals surface area contributed by atoms with E-state index in [0.717, 1.165) is 22.6 Å². The number of hydrogen-bond acceptors (Lipinski definition) is 4. The summed E-state index contributed by atoms with van der Waals surface area (Å²) in [7, 11) is 0. The number of para-hydroxylation sites is 1. The number of aromatic carboxylic acids is 1. The van der Waals surface area contributed by atoms with Crippen LogP contribution in [0.4, 0.5) is 0 Å². The average Bonchev–Trinajstić information content (AvgIpc) is 3.15. The van der Waals surface area contributed by atoms with Gasteiger partial charge in [0.2, 0.25) is 0 Å². The van der Waals surface area contributed by atoms with E-state index in [1.54, 1.807) is 22.3 Å². The first kappa shape index (κ1) is 13.4. The van der Waals surface area contributed by atoms with Crippen molar-refractivity contribution in [1.82, 2.24) is 9.78 Å². The molecule has 1 N–H and O–H groups in total. The van der Waals surface area contributed by atoms with Crippen molar-refractivity contribution in [2.24, 2.45) is 0 Å². The summed E-state index contributed by atoms with van der Waals surface area (Å²) in [6.45, 7) is 0.282. The molecule has 0 fully saturated rings. The molecule has 0 aliphatic carbocycles. The van der Waals surface area contributed by atoms with Crippen LogP contribution in [-0.4, -0.2) is 20.9 Å². The standard InChI is InChI=1S/C15H12N2O3S/c18-15(19)14-13(6-7-21-14)20-10-11-8-16-17(9-11)12-4-2-1-3-5-12/h1-9H,10H2,(H,18,19). The van der Waals surface area contributed by atoms with Gasteiger partial charge in [-0.05, 0) is 23.6 Å².